The van der Waals surface area contributed by atoms with Crippen molar-refractivity contribution in [3.63, 3.8) is 0 Å². The smallest absolute Gasteiger partial charge is 0.227 e. The molecule has 0 saturated heterocycles. The molecule has 0 aliphatic rings. The number of hydrogen-bond donors (Lipinski definition) is 0. The van der Waals surface area contributed by atoms with Gasteiger partial charge in [-0.25, -0.2) is 4.98 Å². The third-order valence-electron chi connectivity index (χ3n) is 12.4. The van der Waals surface area contributed by atoms with E-state index in [1.54, 1.807) is 0 Å². The van der Waals surface area contributed by atoms with Crippen molar-refractivity contribution in [1.29, 1.82) is 0 Å². The molecule has 3 aromatic heterocycles. The van der Waals surface area contributed by atoms with Crippen molar-refractivity contribution in [2.75, 3.05) is 0 Å². The van der Waals surface area contributed by atoms with Crippen molar-refractivity contribution in [2.45, 2.75) is 0 Å². The Kier molecular flexibility index (Phi) is 7.47. The summed E-state index contributed by atoms with van der Waals surface area (Å²) in [5.74, 6) is 0.619. The van der Waals surface area contributed by atoms with E-state index >= 15 is 0 Å². The fraction of sp³-hybridized carbons (Fsp3) is 0. The summed E-state index contributed by atoms with van der Waals surface area (Å²) in [5, 5.41) is 9.78. The first-order valence-electron chi connectivity index (χ1n) is 20.7. The number of aromatic nitrogens is 2. The molecule has 0 bridgehead atoms. The lowest BCUT2D eigenvalue weighted by Crippen LogP contribution is -1.94. The summed E-state index contributed by atoms with van der Waals surface area (Å²) in [5.41, 5.74) is 13.2. The predicted octanol–water partition coefficient (Wildman–Crippen LogP) is 16.3. The van der Waals surface area contributed by atoms with Crippen LogP contribution < -0.4 is 0 Å². The highest BCUT2D eigenvalue weighted by atomic mass is 32.1. The molecular formula is C57H34N2OS. The zero-order chi connectivity index (χ0) is 40.0. The largest absolute Gasteiger partial charge is 0.436 e. The maximum atomic E-state index is 6.73. The van der Waals surface area contributed by atoms with Gasteiger partial charge in [-0.3, -0.25) is 0 Å². The Morgan fingerprint density at radius 2 is 1.05 bits per heavy atom. The van der Waals surface area contributed by atoms with E-state index in [4.69, 9.17) is 9.40 Å². The standard InChI is InChI=1S/C57H34N2OS/c1-2-12-35(13-3-1)37-28-30-42(31-29-37)59-49-20-10-8-18-45(49)53-44-17-7-6-16-43(44)47(33-50(53)59)38-23-25-39(26-24-38)57-58-55-51(60-57)34-48(41-27-22-36-14-4-5-15-40(36)32-41)56-54(55)46-19-9-11-21-52(46)61-56/h1-34H. The van der Waals surface area contributed by atoms with Gasteiger partial charge in [-0.2, -0.15) is 0 Å². The van der Waals surface area contributed by atoms with E-state index in [0.29, 0.717) is 5.89 Å². The van der Waals surface area contributed by atoms with E-state index in [9.17, 15) is 0 Å². The van der Waals surface area contributed by atoms with Crippen LogP contribution in [0.2, 0.25) is 0 Å². The zero-order valence-electron chi connectivity index (χ0n) is 32.8. The molecule has 0 N–H and O–H groups in total. The van der Waals surface area contributed by atoms with Gasteiger partial charge in [0.25, 0.3) is 0 Å². The summed E-state index contributed by atoms with van der Waals surface area (Å²) in [6, 6.07) is 74.4. The van der Waals surface area contributed by atoms with E-state index in [-0.39, 0.29) is 0 Å². The number of para-hydroxylation sites is 1. The summed E-state index contributed by atoms with van der Waals surface area (Å²) < 4.78 is 11.6. The van der Waals surface area contributed by atoms with E-state index in [0.717, 1.165) is 33.3 Å². The van der Waals surface area contributed by atoms with E-state index in [1.807, 2.05) is 11.3 Å². The van der Waals surface area contributed by atoms with Gasteiger partial charge in [0.15, 0.2) is 5.58 Å². The lowest BCUT2D eigenvalue weighted by Gasteiger charge is -2.13. The first-order chi connectivity index (χ1) is 30.2. The van der Waals surface area contributed by atoms with E-state index in [2.05, 4.69) is 211 Å². The van der Waals surface area contributed by atoms with Crippen LogP contribution in [-0.2, 0) is 0 Å². The molecule has 284 valence electrons. The Morgan fingerprint density at radius 3 is 1.89 bits per heavy atom. The molecule has 4 heteroatoms. The second-order valence-electron chi connectivity index (χ2n) is 15.9. The van der Waals surface area contributed by atoms with Crippen molar-refractivity contribution in [2.24, 2.45) is 0 Å². The van der Waals surface area contributed by atoms with Crippen molar-refractivity contribution in [3.05, 3.63) is 206 Å². The average molecular weight is 795 g/mol. The molecule has 3 heterocycles. The second kappa shape index (κ2) is 13.4. The van der Waals surface area contributed by atoms with Crippen LogP contribution in [0.1, 0.15) is 0 Å². The monoisotopic (exact) mass is 794 g/mol. The van der Waals surface area contributed by atoms with Crippen LogP contribution in [0.15, 0.2) is 211 Å². The van der Waals surface area contributed by atoms with Crippen molar-refractivity contribution >= 4 is 86.0 Å². The minimum Gasteiger partial charge on any atom is -0.436 e. The maximum Gasteiger partial charge on any atom is 0.227 e. The average Bonchev–Trinajstić information content (AvgIpc) is 4.03. The van der Waals surface area contributed by atoms with Gasteiger partial charge in [0.2, 0.25) is 5.89 Å². The Balaban J connectivity index is 0.955. The Labute approximate surface area is 355 Å². The van der Waals surface area contributed by atoms with Crippen LogP contribution in [0.5, 0.6) is 0 Å². The zero-order valence-corrected chi connectivity index (χ0v) is 33.7. The first-order valence-corrected chi connectivity index (χ1v) is 21.5. The fourth-order valence-electron chi connectivity index (χ4n) is 9.54. The van der Waals surface area contributed by atoms with Gasteiger partial charge in [-0.1, -0.05) is 152 Å². The van der Waals surface area contributed by atoms with Crippen LogP contribution in [0, 0.1) is 0 Å². The van der Waals surface area contributed by atoms with Crippen LogP contribution in [0.25, 0.3) is 125 Å². The van der Waals surface area contributed by atoms with Crippen LogP contribution in [0.4, 0.5) is 0 Å². The van der Waals surface area contributed by atoms with Crippen LogP contribution in [0.3, 0.4) is 0 Å². The quantitative estimate of drug-likeness (QED) is 0.174. The summed E-state index contributed by atoms with van der Waals surface area (Å²) in [7, 11) is 0. The third-order valence-corrected chi connectivity index (χ3v) is 13.6. The summed E-state index contributed by atoms with van der Waals surface area (Å²) in [6.45, 7) is 0. The number of fused-ring (bicyclic) bond motifs is 11. The molecule has 0 aliphatic carbocycles. The van der Waals surface area contributed by atoms with Gasteiger partial charge in [0.05, 0.1) is 11.0 Å². The van der Waals surface area contributed by atoms with E-state index < -0.39 is 0 Å². The number of thiophene rings is 1. The minimum absolute atomic E-state index is 0.619. The molecule has 0 spiro atoms. The minimum atomic E-state index is 0.619. The molecule has 10 aromatic carbocycles. The van der Waals surface area contributed by atoms with Crippen molar-refractivity contribution in [3.8, 4) is 50.5 Å². The molecule has 0 unspecified atom stereocenters. The lowest BCUT2D eigenvalue weighted by molar-refractivity contribution is 0.620. The number of nitrogens with zero attached hydrogens (tertiary/aromatic N) is 2. The van der Waals surface area contributed by atoms with Crippen molar-refractivity contribution < 1.29 is 4.42 Å². The Morgan fingerprint density at radius 1 is 0.410 bits per heavy atom. The maximum absolute atomic E-state index is 6.73. The van der Waals surface area contributed by atoms with E-state index in [1.165, 1.54) is 86.0 Å². The molecule has 0 radical (unpaired) electrons. The van der Waals surface area contributed by atoms with Crippen LogP contribution in [-0.4, -0.2) is 9.55 Å². The number of oxazole rings is 1. The SMILES string of the molecule is c1ccc(-c2ccc(-n3c4ccccc4c4c5ccccc5c(-c5ccc(-c6nc7c(cc(-c8ccc9ccccc9c8)c8sc9ccccc9c87)o6)cc5)cc43)cc2)cc1. The highest BCUT2D eigenvalue weighted by Crippen LogP contribution is 2.46. The number of benzene rings is 10. The Hall–Kier alpha value is -7.79. The summed E-state index contributed by atoms with van der Waals surface area (Å²) >= 11 is 1.83. The van der Waals surface area contributed by atoms with Gasteiger partial charge in [0.1, 0.15) is 5.52 Å². The van der Waals surface area contributed by atoms with Gasteiger partial charge in [-0.15, -0.1) is 11.3 Å². The van der Waals surface area contributed by atoms with Crippen LogP contribution >= 0.6 is 11.3 Å². The highest BCUT2D eigenvalue weighted by molar-refractivity contribution is 7.26. The normalized spacial score (nSPS) is 11.9. The third kappa shape index (κ3) is 5.33. The molecule has 3 nitrogen and oxygen atoms in total. The van der Waals surface area contributed by atoms with Gasteiger partial charge >= 0.3 is 0 Å². The van der Waals surface area contributed by atoms with Gasteiger partial charge in [0, 0.05) is 47.8 Å². The predicted molar refractivity (Wildman–Crippen MR) is 258 cm³/mol. The van der Waals surface area contributed by atoms with Crippen molar-refractivity contribution in [1.82, 2.24) is 9.55 Å². The topological polar surface area (TPSA) is 31.0 Å². The number of hydrogen-bond acceptors (Lipinski definition) is 3. The Bertz CT molecular complexity index is 3850. The fourth-order valence-corrected chi connectivity index (χ4v) is 10.8. The molecule has 0 aliphatic heterocycles. The molecule has 0 atom stereocenters. The summed E-state index contributed by atoms with van der Waals surface area (Å²) in [4.78, 5) is 5.24. The molecule has 13 rings (SSSR count). The highest BCUT2D eigenvalue weighted by Gasteiger charge is 2.21. The van der Waals surface area contributed by atoms with Gasteiger partial charge in [-0.05, 0) is 104 Å². The molecule has 13 aromatic rings. The summed E-state index contributed by atoms with van der Waals surface area (Å²) in [6.07, 6.45) is 0. The lowest BCUT2D eigenvalue weighted by atomic mass is 9.94. The molecular weight excluding hydrogens is 761 g/mol. The van der Waals surface area contributed by atoms with Gasteiger partial charge < -0.3 is 8.98 Å². The number of rotatable bonds is 5. The molecule has 0 fully saturated rings. The first kappa shape index (κ1) is 34.1. The molecule has 0 saturated carbocycles. The molecule has 0 amide bonds. The molecule has 61 heavy (non-hydrogen) atoms. The second-order valence-corrected chi connectivity index (χ2v) is 16.9.